The van der Waals surface area contributed by atoms with E-state index in [4.69, 9.17) is 9.47 Å². The van der Waals surface area contributed by atoms with E-state index < -0.39 is 6.10 Å². The molecule has 1 aromatic rings. The number of amides is 1. The van der Waals surface area contributed by atoms with Gasteiger partial charge in [0.2, 0.25) is 5.91 Å². The van der Waals surface area contributed by atoms with Gasteiger partial charge >= 0.3 is 0 Å². The van der Waals surface area contributed by atoms with Crippen LogP contribution in [0.5, 0.6) is 5.75 Å². The highest BCUT2D eigenvalue weighted by atomic mass is 16.5. The average molecular weight is 361 g/mol. The fourth-order valence-corrected chi connectivity index (χ4v) is 3.83. The van der Waals surface area contributed by atoms with E-state index in [1.165, 1.54) is 5.56 Å². The third-order valence-electron chi connectivity index (χ3n) is 5.37. The van der Waals surface area contributed by atoms with Gasteiger partial charge in [0.1, 0.15) is 12.4 Å². The molecule has 0 saturated heterocycles. The summed E-state index contributed by atoms with van der Waals surface area (Å²) in [7, 11) is 1.61. The summed E-state index contributed by atoms with van der Waals surface area (Å²) in [5.41, 5.74) is 4.19. The van der Waals surface area contributed by atoms with Gasteiger partial charge in [0, 0.05) is 25.5 Å². The van der Waals surface area contributed by atoms with Crippen molar-refractivity contribution in [2.75, 3.05) is 26.9 Å². The fourth-order valence-electron chi connectivity index (χ4n) is 3.83. The van der Waals surface area contributed by atoms with Gasteiger partial charge in [-0.1, -0.05) is 19.6 Å². The van der Waals surface area contributed by atoms with Crippen LogP contribution in [0.4, 0.5) is 0 Å². The highest BCUT2D eigenvalue weighted by Gasteiger charge is 2.37. The van der Waals surface area contributed by atoms with Crippen LogP contribution in [0, 0.1) is 25.7 Å². The number of methoxy groups -OCH3 is 1. The van der Waals surface area contributed by atoms with Crippen molar-refractivity contribution >= 4 is 5.91 Å². The van der Waals surface area contributed by atoms with Crippen LogP contribution in [0.1, 0.15) is 41.7 Å². The predicted molar refractivity (Wildman–Crippen MR) is 102 cm³/mol. The molecule has 26 heavy (non-hydrogen) atoms. The zero-order chi connectivity index (χ0) is 19.3. The maximum Gasteiger partial charge on any atom is 0.223 e. The second kappa shape index (κ2) is 9.19. The number of aliphatic hydroxyl groups excluding tert-OH is 1. The van der Waals surface area contributed by atoms with E-state index in [2.05, 4.69) is 11.9 Å². The lowest BCUT2D eigenvalue weighted by Gasteiger charge is -2.36. The molecule has 0 aliphatic heterocycles. The molecule has 0 radical (unpaired) electrons. The first kappa shape index (κ1) is 20.5. The Balaban J connectivity index is 2.25. The van der Waals surface area contributed by atoms with E-state index >= 15 is 0 Å². The van der Waals surface area contributed by atoms with Gasteiger partial charge in [0.25, 0.3) is 0 Å². The molecule has 2 rings (SSSR count). The lowest BCUT2D eigenvalue weighted by atomic mass is 9.72. The van der Waals surface area contributed by atoms with Gasteiger partial charge in [-0.05, 0) is 55.0 Å². The maximum atomic E-state index is 12.4. The molecule has 1 amide bonds. The number of hydrogen-bond acceptors (Lipinski definition) is 4. The molecule has 5 heteroatoms. The molecule has 1 aromatic carbocycles. The number of aliphatic hydroxyl groups is 1. The zero-order valence-corrected chi connectivity index (χ0v) is 16.3. The van der Waals surface area contributed by atoms with Gasteiger partial charge < -0.3 is 19.9 Å². The second-order valence-electron chi connectivity index (χ2n) is 7.03. The van der Waals surface area contributed by atoms with Crippen molar-refractivity contribution in [3.8, 4) is 5.75 Å². The summed E-state index contributed by atoms with van der Waals surface area (Å²) in [6.07, 6.45) is 2.69. The van der Waals surface area contributed by atoms with Gasteiger partial charge in [-0.3, -0.25) is 4.79 Å². The van der Waals surface area contributed by atoms with E-state index in [0.29, 0.717) is 19.8 Å². The fraction of sp³-hybridized carbons (Fsp3) is 0.571. The smallest absolute Gasteiger partial charge is 0.223 e. The Kier molecular flexibility index (Phi) is 7.23. The molecule has 0 saturated carbocycles. The number of nitrogens with one attached hydrogen (secondary N) is 1. The lowest BCUT2D eigenvalue weighted by molar-refractivity contribution is -0.128. The van der Waals surface area contributed by atoms with Gasteiger partial charge in [-0.2, -0.15) is 0 Å². The Labute approximate surface area is 156 Å². The molecule has 0 spiro atoms. The summed E-state index contributed by atoms with van der Waals surface area (Å²) in [5.74, 6) is 0.353. The van der Waals surface area contributed by atoms with Crippen molar-refractivity contribution in [1.82, 2.24) is 5.32 Å². The number of ether oxygens (including phenoxy) is 2. The first-order valence-corrected chi connectivity index (χ1v) is 9.23. The largest absolute Gasteiger partial charge is 0.489 e. The van der Waals surface area contributed by atoms with Crippen LogP contribution in [0.15, 0.2) is 18.7 Å². The molecule has 1 unspecified atom stereocenters. The highest BCUT2D eigenvalue weighted by Crippen LogP contribution is 2.43. The zero-order valence-electron chi connectivity index (χ0n) is 16.3. The van der Waals surface area contributed by atoms with E-state index in [-0.39, 0.29) is 17.7 Å². The SMILES string of the molecule is C=CCOc1cc(C)c2c(c1C)[C@H](O)C([C@H](C)C(=O)NCCOC)CC2. The summed E-state index contributed by atoms with van der Waals surface area (Å²) in [6.45, 7) is 11.0. The monoisotopic (exact) mass is 361 g/mol. The summed E-state index contributed by atoms with van der Waals surface area (Å²) < 4.78 is 10.7. The van der Waals surface area contributed by atoms with Crippen LogP contribution in [-0.2, 0) is 16.0 Å². The van der Waals surface area contributed by atoms with Crippen molar-refractivity contribution in [3.63, 3.8) is 0 Å². The minimum absolute atomic E-state index is 0.0389. The number of fused-ring (bicyclic) bond motifs is 1. The van der Waals surface area contributed by atoms with Gasteiger partial charge in [0.15, 0.2) is 0 Å². The van der Waals surface area contributed by atoms with Crippen molar-refractivity contribution < 1.29 is 19.4 Å². The third-order valence-corrected chi connectivity index (χ3v) is 5.37. The minimum atomic E-state index is -0.673. The molecule has 0 heterocycles. The Hall–Kier alpha value is -1.85. The summed E-state index contributed by atoms with van der Waals surface area (Å²) in [5, 5.41) is 14.0. The lowest BCUT2D eigenvalue weighted by Crippen LogP contribution is -2.38. The highest BCUT2D eigenvalue weighted by molar-refractivity contribution is 5.78. The normalized spacial score (nSPS) is 20.2. The van der Waals surface area contributed by atoms with E-state index in [1.54, 1.807) is 13.2 Å². The predicted octanol–water partition coefficient (Wildman–Crippen LogP) is 2.86. The van der Waals surface area contributed by atoms with Crippen molar-refractivity contribution in [1.29, 1.82) is 0 Å². The van der Waals surface area contributed by atoms with Crippen LogP contribution in [0.2, 0.25) is 0 Å². The summed E-state index contributed by atoms with van der Waals surface area (Å²) in [6, 6.07) is 2.03. The van der Waals surface area contributed by atoms with Gasteiger partial charge in [-0.25, -0.2) is 0 Å². The molecule has 0 bridgehead atoms. The molecule has 0 fully saturated rings. The minimum Gasteiger partial charge on any atom is -0.489 e. The Bertz CT molecular complexity index is 656. The summed E-state index contributed by atoms with van der Waals surface area (Å²) >= 11 is 0. The van der Waals surface area contributed by atoms with E-state index in [1.807, 2.05) is 26.8 Å². The molecule has 2 N–H and O–H groups in total. The average Bonchev–Trinajstić information content (AvgIpc) is 2.62. The van der Waals surface area contributed by atoms with Crippen LogP contribution in [-0.4, -0.2) is 37.9 Å². The number of benzene rings is 1. The van der Waals surface area contributed by atoms with Crippen LogP contribution in [0.3, 0.4) is 0 Å². The van der Waals surface area contributed by atoms with Crippen LogP contribution in [0.25, 0.3) is 0 Å². The molecule has 144 valence electrons. The molecule has 3 atom stereocenters. The van der Waals surface area contributed by atoms with Crippen molar-refractivity contribution in [2.45, 2.75) is 39.7 Å². The Morgan fingerprint density at radius 1 is 1.50 bits per heavy atom. The second-order valence-corrected chi connectivity index (χ2v) is 7.03. The van der Waals surface area contributed by atoms with E-state index in [0.717, 1.165) is 35.3 Å². The molecule has 0 aromatic heterocycles. The standard InChI is InChI=1S/C21H31NO4/c1-6-10-26-18-12-13(2)16-7-8-17(20(23)19(16)15(18)4)14(3)21(24)22-9-11-25-5/h6,12,14,17,20,23H,1,7-11H2,2-5H3,(H,22,24)/t14-,17?,20+/m0/s1. The van der Waals surface area contributed by atoms with Gasteiger partial charge in [0.05, 0.1) is 12.7 Å². The molecule has 1 aliphatic rings. The number of aryl methyl sites for hydroxylation is 1. The first-order valence-electron chi connectivity index (χ1n) is 9.23. The van der Waals surface area contributed by atoms with E-state index in [9.17, 15) is 9.90 Å². The van der Waals surface area contributed by atoms with Crippen molar-refractivity contribution in [3.05, 3.63) is 41.0 Å². The molecule has 5 nitrogen and oxygen atoms in total. The number of rotatable bonds is 8. The Morgan fingerprint density at radius 2 is 2.23 bits per heavy atom. The van der Waals surface area contributed by atoms with Crippen LogP contribution >= 0.6 is 0 Å². The molecular formula is C21H31NO4. The molecular weight excluding hydrogens is 330 g/mol. The van der Waals surface area contributed by atoms with Crippen LogP contribution < -0.4 is 10.1 Å². The Morgan fingerprint density at radius 3 is 2.88 bits per heavy atom. The first-order chi connectivity index (χ1) is 12.4. The maximum absolute atomic E-state index is 12.4. The quantitative estimate of drug-likeness (QED) is 0.552. The number of hydrogen-bond donors (Lipinski definition) is 2. The topological polar surface area (TPSA) is 67.8 Å². The molecule has 1 aliphatic carbocycles. The summed E-state index contributed by atoms with van der Waals surface area (Å²) in [4.78, 5) is 12.4. The van der Waals surface area contributed by atoms with Gasteiger partial charge in [-0.15, -0.1) is 0 Å². The third kappa shape index (κ3) is 4.27. The number of carbonyl (C=O) groups excluding carboxylic acids is 1. The number of carbonyl (C=O) groups is 1. The van der Waals surface area contributed by atoms with Crippen molar-refractivity contribution in [2.24, 2.45) is 11.8 Å².